The van der Waals surface area contributed by atoms with Gasteiger partial charge in [-0.3, -0.25) is 9.52 Å². The molecule has 2 aliphatic heterocycles. The number of anilines is 2. The van der Waals surface area contributed by atoms with Gasteiger partial charge < -0.3 is 15.0 Å². The van der Waals surface area contributed by atoms with Gasteiger partial charge in [0.1, 0.15) is 16.7 Å². The number of aromatic nitrogens is 4. The number of nitrogens with zero attached hydrogens (tertiary/aromatic N) is 5. The smallest absolute Gasteiger partial charge is 0.265 e. The molecule has 222 valence electrons. The summed E-state index contributed by atoms with van der Waals surface area (Å²) >= 11 is 1.23. The van der Waals surface area contributed by atoms with E-state index in [2.05, 4.69) is 33.8 Å². The molecule has 1 saturated heterocycles. The van der Waals surface area contributed by atoms with Crippen molar-refractivity contribution in [1.29, 1.82) is 0 Å². The van der Waals surface area contributed by atoms with Crippen LogP contribution in [0.2, 0.25) is 0 Å². The van der Waals surface area contributed by atoms with E-state index >= 15 is 0 Å². The van der Waals surface area contributed by atoms with Crippen molar-refractivity contribution in [3.63, 3.8) is 0 Å². The van der Waals surface area contributed by atoms with E-state index < -0.39 is 0 Å². The molecule has 0 radical (unpaired) electrons. The molecule has 10 heteroatoms. The van der Waals surface area contributed by atoms with Crippen LogP contribution in [-0.4, -0.2) is 50.4 Å². The summed E-state index contributed by atoms with van der Waals surface area (Å²) in [6, 6.07) is 11.8. The topological polar surface area (TPSA) is 97.2 Å². The van der Waals surface area contributed by atoms with Gasteiger partial charge in [-0.2, -0.15) is 0 Å². The lowest BCUT2D eigenvalue weighted by molar-refractivity contribution is 0.0984. The normalized spacial score (nSPS) is 22.1. The Morgan fingerprint density at radius 2 is 1.88 bits per heavy atom. The van der Waals surface area contributed by atoms with Crippen molar-refractivity contribution in [2.45, 2.75) is 88.2 Å². The number of carbonyl (C=O) groups is 1. The van der Waals surface area contributed by atoms with Gasteiger partial charge >= 0.3 is 0 Å². The molecular weight excluding hydrogens is 546 g/mol. The molecule has 0 aromatic carbocycles. The molecule has 42 heavy (non-hydrogen) atoms. The second-order valence-corrected chi connectivity index (χ2v) is 13.8. The van der Waals surface area contributed by atoms with Crippen LogP contribution < -0.4 is 19.7 Å². The van der Waals surface area contributed by atoms with E-state index in [-0.39, 0.29) is 17.5 Å². The Labute approximate surface area is 252 Å². The summed E-state index contributed by atoms with van der Waals surface area (Å²) in [6.07, 6.45) is 12.7. The standard InChI is InChI=1S/C32H41N7O2S/c1-32(2)17-14-23-5-4-18-33-26-6-3-7-29(34-26)42-37-31(40)25-12-13-27(35-30(25)39(23)32)38-19-15-28(36-38)41-20-16-24(21-8-9-21)22-10-11-22/h3,6-7,12-13,15,19,21-24H,4-5,8-11,14,16-18,20H2,1-2H3,(H,33,34)(H,37,40). The largest absolute Gasteiger partial charge is 0.477 e. The first-order valence-electron chi connectivity index (χ1n) is 15.6. The Morgan fingerprint density at radius 3 is 2.69 bits per heavy atom. The summed E-state index contributed by atoms with van der Waals surface area (Å²) in [5, 5.41) is 8.90. The van der Waals surface area contributed by atoms with E-state index in [4.69, 9.17) is 14.8 Å². The number of fused-ring (bicyclic) bond motifs is 5. The number of nitrogens with one attached hydrogen (secondary N) is 2. The summed E-state index contributed by atoms with van der Waals surface area (Å²) < 4.78 is 10.9. The monoisotopic (exact) mass is 587 g/mol. The first-order chi connectivity index (χ1) is 20.4. The first kappa shape index (κ1) is 27.6. The van der Waals surface area contributed by atoms with Crippen LogP contribution in [0, 0.1) is 17.8 Å². The second kappa shape index (κ2) is 11.4. The van der Waals surface area contributed by atoms with Gasteiger partial charge in [0.25, 0.3) is 5.91 Å². The minimum absolute atomic E-state index is 0.132. The Bertz CT molecular complexity index is 1420. The quantitative estimate of drug-likeness (QED) is 0.313. The van der Waals surface area contributed by atoms with Gasteiger partial charge in [-0.1, -0.05) is 6.07 Å². The van der Waals surface area contributed by atoms with Gasteiger partial charge in [0, 0.05) is 42.3 Å². The van der Waals surface area contributed by atoms with Gasteiger partial charge in [0.15, 0.2) is 5.82 Å². The van der Waals surface area contributed by atoms with Crippen molar-refractivity contribution in [1.82, 2.24) is 24.5 Å². The minimum atomic E-state index is -0.182. The third-order valence-electron chi connectivity index (χ3n) is 9.39. The molecule has 2 N–H and O–H groups in total. The Morgan fingerprint density at radius 1 is 1.05 bits per heavy atom. The maximum atomic E-state index is 13.6. The van der Waals surface area contributed by atoms with E-state index in [0.717, 1.165) is 67.2 Å². The van der Waals surface area contributed by atoms with Crippen molar-refractivity contribution in [3.05, 3.63) is 48.2 Å². The molecule has 1 amide bonds. The minimum Gasteiger partial charge on any atom is -0.477 e. The molecule has 3 fully saturated rings. The number of amides is 1. The maximum absolute atomic E-state index is 13.6. The molecule has 0 spiro atoms. The molecule has 9 nitrogen and oxygen atoms in total. The molecule has 1 unspecified atom stereocenters. The summed E-state index contributed by atoms with van der Waals surface area (Å²) in [6.45, 7) is 6.06. The van der Waals surface area contributed by atoms with Crippen molar-refractivity contribution in [3.8, 4) is 11.7 Å². The zero-order chi connectivity index (χ0) is 28.7. The summed E-state index contributed by atoms with van der Waals surface area (Å²) in [5.74, 6) is 5.33. The summed E-state index contributed by atoms with van der Waals surface area (Å²) in [5.41, 5.74) is 0.430. The number of hydrogen-bond acceptors (Lipinski definition) is 8. The van der Waals surface area contributed by atoms with Crippen molar-refractivity contribution in [2.24, 2.45) is 17.8 Å². The fraction of sp³-hybridized carbons (Fsp3) is 0.562. The number of ether oxygens (including phenoxy) is 1. The van der Waals surface area contributed by atoms with Crippen LogP contribution in [0.4, 0.5) is 11.6 Å². The molecule has 3 aromatic rings. The molecule has 1 atom stereocenters. The lowest BCUT2D eigenvalue weighted by Crippen LogP contribution is -2.45. The number of carbonyl (C=O) groups excluding carboxylic acids is 1. The molecular formula is C32H41N7O2S. The van der Waals surface area contributed by atoms with E-state index in [0.29, 0.717) is 29.7 Å². The third-order valence-corrected chi connectivity index (χ3v) is 10.1. The molecule has 3 aromatic heterocycles. The number of hydrogen-bond donors (Lipinski definition) is 2. The van der Waals surface area contributed by atoms with Crippen molar-refractivity contribution < 1.29 is 9.53 Å². The van der Waals surface area contributed by atoms with Gasteiger partial charge in [-0.05, 0) is 114 Å². The lowest BCUT2D eigenvalue weighted by atomic mass is 9.95. The first-order valence-corrected chi connectivity index (χ1v) is 16.4. The Hall–Kier alpha value is -3.27. The zero-order valence-corrected chi connectivity index (χ0v) is 25.4. The highest BCUT2D eigenvalue weighted by molar-refractivity contribution is 7.97. The second-order valence-electron chi connectivity index (χ2n) is 13.0. The van der Waals surface area contributed by atoms with Crippen LogP contribution in [0.5, 0.6) is 5.88 Å². The number of pyridine rings is 2. The zero-order valence-electron chi connectivity index (χ0n) is 24.6. The molecule has 2 aliphatic carbocycles. The van der Waals surface area contributed by atoms with E-state index in [1.807, 2.05) is 42.6 Å². The van der Waals surface area contributed by atoms with Crippen LogP contribution in [0.1, 0.15) is 82.0 Å². The summed E-state index contributed by atoms with van der Waals surface area (Å²) in [4.78, 5) is 25.8. The Kier molecular flexibility index (Phi) is 7.50. The van der Waals surface area contributed by atoms with Gasteiger partial charge in [-0.15, -0.1) is 5.10 Å². The van der Waals surface area contributed by atoms with Crippen LogP contribution in [0.15, 0.2) is 47.6 Å². The van der Waals surface area contributed by atoms with E-state index in [1.165, 1.54) is 37.6 Å². The van der Waals surface area contributed by atoms with Crippen LogP contribution >= 0.6 is 11.9 Å². The molecule has 5 heterocycles. The van der Waals surface area contributed by atoms with Crippen molar-refractivity contribution in [2.75, 3.05) is 23.4 Å². The molecule has 2 saturated carbocycles. The predicted octanol–water partition coefficient (Wildman–Crippen LogP) is 6.26. The highest BCUT2D eigenvalue weighted by atomic mass is 32.2. The number of rotatable bonds is 7. The highest BCUT2D eigenvalue weighted by Crippen LogP contribution is 2.50. The van der Waals surface area contributed by atoms with Crippen LogP contribution in [-0.2, 0) is 0 Å². The highest BCUT2D eigenvalue weighted by Gasteiger charge is 2.42. The lowest BCUT2D eigenvalue weighted by Gasteiger charge is -2.38. The predicted molar refractivity (Wildman–Crippen MR) is 165 cm³/mol. The SMILES string of the molecule is CC1(C)CCC2CCCNc3cccc(n3)SNC(=O)c3ccc(-n4ccc(OCCC(C5CC5)C5CC5)n4)nc3N21. The average Bonchev–Trinajstić information content (AvgIpc) is 3.93. The molecule has 2 bridgehead atoms. The van der Waals surface area contributed by atoms with Gasteiger partial charge in [0.2, 0.25) is 5.88 Å². The van der Waals surface area contributed by atoms with E-state index in [9.17, 15) is 4.79 Å². The average molecular weight is 588 g/mol. The van der Waals surface area contributed by atoms with Crippen LogP contribution in [0.25, 0.3) is 5.82 Å². The van der Waals surface area contributed by atoms with Gasteiger partial charge in [-0.25, -0.2) is 14.6 Å². The Balaban J connectivity index is 1.15. The van der Waals surface area contributed by atoms with Crippen LogP contribution in [0.3, 0.4) is 0 Å². The third kappa shape index (κ3) is 5.96. The molecule has 7 rings (SSSR count). The maximum Gasteiger partial charge on any atom is 0.265 e. The molecule has 4 aliphatic rings. The van der Waals surface area contributed by atoms with Crippen molar-refractivity contribution >= 4 is 29.5 Å². The van der Waals surface area contributed by atoms with Gasteiger partial charge in [0.05, 0.1) is 12.2 Å². The van der Waals surface area contributed by atoms with E-state index in [1.54, 1.807) is 4.68 Å². The summed E-state index contributed by atoms with van der Waals surface area (Å²) in [7, 11) is 0. The fourth-order valence-corrected chi connectivity index (χ4v) is 7.52. The fourth-order valence-electron chi connectivity index (χ4n) is 6.92.